The van der Waals surface area contributed by atoms with Crippen LogP contribution in [-0.2, 0) is 0 Å². The van der Waals surface area contributed by atoms with Gasteiger partial charge in [0.2, 0.25) is 0 Å². The fraction of sp³-hybridized carbons (Fsp3) is 0.562. The van der Waals surface area contributed by atoms with E-state index in [0.29, 0.717) is 17.5 Å². The van der Waals surface area contributed by atoms with E-state index in [-0.39, 0.29) is 5.69 Å². The number of nitro benzene ring substituents is 1. The minimum absolute atomic E-state index is 0.0308. The maximum Gasteiger partial charge on any atom is 0.270 e. The average Bonchev–Trinajstić information content (AvgIpc) is 2.97. The fourth-order valence-electron chi connectivity index (χ4n) is 3.06. The van der Waals surface area contributed by atoms with E-state index < -0.39 is 4.92 Å². The molecule has 5 nitrogen and oxygen atoms in total. The van der Waals surface area contributed by atoms with Gasteiger partial charge in [-0.15, -0.1) is 0 Å². The van der Waals surface area contributed by atoms with E-state index in [9.17, 15) is 14.9 Å². The molecule has 5 heteroatoms. The van der Waals surface area contributed by atoms with E-state index in [1.54, 1.807) is 6.07 Å². The normalized spacial score (nSPS) is 15.4. The van der Waals surface area contributed by atoms with Crippen LogP contribution in [0.5, 0.6) is 0 Å². The monoisotopic (exact) mass is 290 g/mol. The Morgan fingerprint density at radius 3 is 2.57 bits per heavy atom. The Balaban J connectivity index is 2.38. The Labute approximate surface area is 125 Å². The number of hydrogen-bond donors (Lipinski definition) is 0. The molecule has 1 aromatic carbocycles. The van der Waals surface area contributed by atoms with Crippen molar-refractivity contribution in [1.82, 2.24) is 0 Å². The zero-order valence-corrected chi connectivity index (χ0v) is 12.6. The highest BCUT2D eigenvalue weighted by Crippen LogP contribution is 2.32. The number of nitrogens with zero attached hydrogens (tertiary/aromatic N) is 2. The van der Waals surface area contributed by atoms with Gasteiger partial charge < -0.3 is 4.90 Å². The largest absolute Gasteiger partial charge is 0.368 e. The molecular weight excluding hydrogens is 268 g/mol. The van der Waals surface area contributed by atoms with Crippen molar-refractivity contribution in [3.63, 3.8) is 0 Å². The van der Waals surface area contributed by atoms with Crippen molar-refractivity contribution in [2.24, 2.45) is 5.92 Å². The quantitative estimate of drug-likeness (QED) is 0.454. The molecule has 0 radical (unpaired) electrons. The van der Waals surface area contributed by atoms with Gasteiger partial charge in [-0.2, -0.15) is 0 Å². The molecule has 0 spiro atoms. The van der Waals surface area contributed by atoms with E-state index in [1.807, 2.05) is 0 Å². The molecule has 1 aromatic rings. The summed E-state index contributed by atoms with van der Waals surface area (Å²) in [5, 5.41) is 10.9. The molecular formula is C16H22N2O3. The van der Waals surface area contributed by atoms with E-state index in [2.05, 4.69) is 18.7 Å². The Bertz CT molecular complexity index is 522. The SMILES string of the molecule is CC(C)CN(c1ccc([N+](=O)[O-])cc1C=O)C1CCCC1. The second kappa shape index (κ2) is 6.70. The van der Waals surface area contributed by atoms with Crippen molar-refractivity contribution in [1.29, 1.82) is 0 Å². The molecule has 114 valence electrons. The van der Waals surface area contributed by atoms with Gasteiger partial charge in [0.05, 0.1) is 4.92 Å². The first kappa shape index (κ1) is 15.5. The number of carbonyl (C=O) groups is 1. The van der Waals surface area contributed by atoms with Gasteiger partial charge in [-0.25, -0.2) is 0 Å². The molecule has 0 heterocycles. The standard InChI is InChI=1S/C16H22N2O3/c1-12(2)10-17(14-5-3-4-6-14)16-8-7-15(18(20)21)9-13(16)11-19/h7-9,11-12,14H,3-6,10H2,1-2H3. The number of aldehydes is 1. The number of non-ortho nitro benzene ring substituents is 1. The Morgan fingerprint density at radius 1 is 1.38 bits per heavy atom. The summed E-state index contributed by atoms with van der Waals surface area (Å²) >= 11 is 0. The number of carbonyl (C=O) groups excluding carboxylic acids is 1. The van der Waals surface area contributed by atoms with Crippen molar-refractivity contribution in [2.45, 2.75) is 45.6 Å². The van der Waals surface area contributed by atoms with Crippen LogP contribution in [0.1, 0.15) is 49.9 Å². The molecule has 0 N–H and O–H groups in total. The molecule has 0 amide bonds. The van der Waals surface area contributed by atoms with Crippen molar-refractivity contribution in [3.05, 3.63) is 33.9 Å². The van der Waals surface area contributed by atoms with Gasteiger partial charge in [0, 0.05) is 36.0 Å². The molecule has 0 bridgehead atoms. The van der Waals surface area contributed by atoms with Crippen LogP contribution in [0.15, 0.2) is 18.2 Å². The smallest absolute Gasteiger partial charge is 0.270 e. The molecule has 0 aromatic heterocycles. The lowest BCUT2D eigenvalue weighted by atomic mass is 10.1. The highest BCUT2D eigenvalue weighted by Gasteiger charge is 2.26. The van der Waals surface area contributed by atoms with Crippen LogP contribution in [-0.4, -0.2) is 23.8 Å². The van der Waals surface area contributed by atoms with Crippen molar-refractivity contribution in [3.8, 4) is 0 Å². The predicted octanol–water partition coefficient (Wildman–Crippen LogP) is 3.81. The number of hydrogen-bond acceptors (Lipinski definition) is 4. The van der Waals surface area contributed by atoms with E-state index in [4.69, 9.17) is 0 Å². The second-order valence-corrected chi connectivity index (χ2v) is 6.10. The van der Waals surface area contributed by atoms with Gasteiger partial charge in [0.1, 0.15) is 0 Å². The van der Waals surface area contributed by atoms with Crippen molar-refractivity contribution < 1.29 is 9.72 Å². The van der Waals surface area contributed by atoms with E-state index in [1.165, 1.54) is 25.0 Å². The fourth-order valence-corrected chi connectivity index (χ4v) is 3.06. The molecule has 0 atom stereocenters. The molecule has 21 heavy (non-hydrogen) atoms. The van der Waals surface area contributed by atoms with Gasteiger partial charge in [-0.3, -0.25) is 14.9 Å². The zero-order valence-electron chi connectivity index (χ0n) is 12.6. The summed E-state index contributed by atoms with van der Waals surface area (Å²) in [6, 6.07) is 5.03. The highest BCUT2D eigenvalue weighted by atomic mass is 16.6. The Morgan fingerprint density at radius 2 is 2.05 bits per heavy atom. The minimum atomic E-state index is -0.459. The van der Waals surface area contributed by atoms with Crippen LogP contribution < -0.4 is 4.90 Å². The maximum atomic E-state index is 11.4. The van der Waals surface area contributed by atoms with Gasteiger partial charge in [-0.05, 0) is 24.8 Å². The summed E-state index contributed by atoms with van der Waals surface area (Å²) in [7, 11) is 0. The zero-order chi connectivity index (χ0) is 15.4. The lowest BCUT2D eigenvalue weighted by Crippen LogP contribution is -2.37. The van der Waals surface area contributed by atoms with Gasteiger partial charge in [0.25, 0.3) is 5.69 Å². The Kier molecular flexibility index (Phi) is 4.94. The molecule has 2 rings (SSSR count). The summed E-state index contributed by atoms with van der Waals surface area (Å²) in [5.41, 5.74) is 1.21. The number of benzene rings is 1. The molecule has 0 aliphatic heterocycles. The van der Waals surface area contributed by atoms with Crippen molar-refractivity contribution >= 4 is 17.7 Å². The predicted molar refractivity (Wildman–Crippen MR) is 82.9 cm³/mol. The van der Waals surface area contributed by atoms with Crippen LogP contribution in [0.3, 0.4) is 0 Å². The van der Waals surface area contributed by atoms with Gasteiger partial charge in [0.15, 0.2) is 6.29 Å². The summed E-state index contributed by atoms with van der Waals surface area (Å²) in [6.07, 6.45) is 5.40. The third-order valence-electron chi connectivity index (χ3n) is 3.99. The molecule has 1 saturated carbocycles. The number of rotatable bonds is 6. The van der Waals surface area contributed by atoms with Gasteiger partial charge in [-0.1, -0.05) is 26.7 Å². The molecule has 1 aliphatic carbocycles. The third-order valence-corrected chi connectivity index (χ3v) is 3.99. The summed E-state index contributed by atoms with van der Waals surface area (Å²) < 4.78 is 0. The van der Waals surface area contributed by atoms with Crippen LogP contribution in [0, 0.1) is 16.0 Å². The van der Waals surface area contributed by atoms with E-state index >= 15 is 0 Å². The first-order valence-electron chi connectivity index (χ1n) is 7.53. The molecule has 1 aliphatic rings. The first-order valence-corrected chi connectivity index (χ1v) is 7.53. The number of anilines is 1. The highest BCUT2D eigenvalue weighted by molar-refractivity contribution is 5.86. The Hall–Kier alpha value is -1.91. The number of nitro groups is 1. The van der Waals surface area contributed by atoms with Crippen LogP contribution in [0.25, 0.3) is 0 Å². The van der Waals surface area contributed by atoms with Crippen LogP contribution in [0.2, 0.25) is 0 Å². The summed E-state index contributed by atoms with van der Waals surface area (Å²) in [4.78, 5) is 24.0. The molecule has 0 saturated heterocycles. The van der Waals surface area contributed by atoms with Crippen molar-refractivity contribution in [2.75, 3.05) is 11.4 Å². The second-order valence-electron chi connectivity index (χ2n) is 6.10. The van der Waals surface area contributed by atoms with Crippen LogP contribution in [0.4, 0.5) is 11.4 Å². The molecule has 0 unspecified atom stereocenters. The average molecular weight is 290 g/mol. The van der Waals surface area contributed by atoms with E-state index in [0.717, 1.165) is 31.4 Å². The third kappa shape index (κ3) is 3.60. The molecule has 1 fully saturated rings. The summed E-state index contributed by atoms with van der Waals surface area (Å²) in [6.45, 7) is 5.16. The minimum Gasteiger partial charge on any atom is -0.368 e. The first-order chi connectivity index (χ1) is 10.0. The van der Waals surface area contributed by atoms with Crippen LogP contribution >= 0.6 is 0 Å². The lowest BCUT2D eigenvalue weighted by molar-refractivity contribution is -0.384. The van der Waals surface area contributed by atoms with Gasteiger partial charge >= 0.3 is 0 Å². The summed E-state index contributed by atoms with van der Waals surface area (Å²) in [5.74, 6) is 0.472. The maximum absolute atomic E-state index is 11.4. The lowest BCUT2D eigenvalue weighted by Gasteiger charge is -2.33. The topological polar surface area (TPSA) is 63.4 Å².